The number of aliphatic hydroxyl groups is 1. The van der Waals surface area contributed by atoms with Gasteiger partial charge in [0, 0.05) is 0 Å². The molecule has 1 nitrogen and oxygen atoms in total. The lowest BCUT2D eigenvalue weighted by molar-refractivity contribution is 0.103. The summed E-state index contributed by atoms with van der Waals surface area (Å²) in [6, 6.07) is 0. The standard InChI is InChI=1S/C14H26O/c1-6-12(15)9-10(2)13-8-7-11(3)14(13,4)5/h7,10,12-13,15H,6,8-9H2,1-5H3. The molecule has 88 valence electrons. The molecule has 1 heteroatoms. The number of aliphatic hydroxyl groups excluding tert-OH is 1. The molecular weight excluding hydrogens is 184 g/mol. The Bertz CT molecular complexity index is 240. The van der Waals surface area contributed by atoms with E-state index in [1.807, 2.05) is 0 Å². The summed E-state index contributed by atoms with van der Waals surface area (Å²) in [5.41, 5.74) is 1.85. The Morgan fingerprint density at radius 1 is 1.53 bits per heavy atom. The summed E-state index contributed by atoms with van der Waals surface area (Å²) in [7, 11) is 0. The van der Waals surface area contributed by atoms with E-state index in [1.54, 1.807) is 0 Å². The van der Waals surface area contributed by atoms with E-state index in [2.05, 4.69) is 40.7 Å². The van der Waals surface area contributed by atoms with Crippen LogP contribution in [0.2, 0.25) is 0 Å². The highest BCUT2D eigenvalue weighted by molar-refractivity contribution is 5.18. The molecule has 3 atom stereocenters. The first-order valence-electron chi connectivity index (χ1n) is 6.24. The Labute approximate surface area is 94.6 Å². The van der Waals surface area contributed by atoms with Crippen LogP contribution < -0.4 is 0 Å². The van der Waals surface area contributed by atoms with E-state index < -0.39 is 0 Å². The van der Waals surface area contributed by atoms with Crippen LogP contribution in [0.25, 0.3) is 0 Å². The van der Waals surface area contributed by atoms with Crippen LogP contribution in [0, 0.1) is 17.3 Å². The van der Waals surface area contributed by atoms with Gasteiger partial charge in [0.25, 0.3) is 0 Å². The Kier molecular flexibility index (Phi) is 3.99. The molecule has 1 N–H and O–H groups in total. The molecule has 0 spiro atoms. The van der Waals surface area contributed by atoms with Crippen molar-refractivity contribution in [1.29, 1.82) is 0 Å². The normalized spacial score (nSPS) is 28.7. The maximum absolute atomic E-state index is 9.71. The summed E-state index contributed by atoms with van der Waals surface area (Å²) in [6.07, 6.45) is 5.28. The maximum atomic E-state index is 9.71. The van der Waals surface area contributed by atoms with Gasteiger partial charge in [0.1, 0.15) is 0 Å². The van der Waals surface area contributed by atoms with Gasteiger partial charge < -0.3 is 5.11 Å². The third-order valence-electron chi connectivity index (χ3n) is 4.42. The second kappa shape index (κ2) is 4.69. The van der Waals surface area contributed by atoms with Gasteiger partial charge in [-0.3, -0.25) is 0 Å². The summed E-state index contributed by atoms with van der Waals surface area (Å²) in [5.74, 6) is 1.32. The lowest BCUT2D eigenvalue weighted by Gasteiger charge is -2.35. The first kappa shape index (κ1) is 12.8. The zero-order valence-electron chi connectivity index (χ0n) is 10.9. The molecule has 0 aromatic carbocycles. The molecule has 0 aromatic rings. The number of hydrogen-bond acceptors (Lipinski definition) is 1. The molecule has 15 heavy (non-hydrogen) atoms. The van der Waals surface area contributed by atoms with E-state index >= 15 is 0 Å². The lowest BCUT2D eigenvalue weighted by Crippen LogP contribution is -2.28. The van der Waals surface area contributed by atoms with Gasteiger partial charge in [-0.25, -0.2) is 0 Å². The summed E-state index contributed by atoms with van der Waals surface area (Å²) in [6.45, 7) is 11.3. The van der Waals surface area contributed by atoms with E-state index in [0.29, 0.717) is 17.3 Å². The molecule has 0 saturated heterocycles. The van der Waals surface area contributed by atoms with Crippen molar-refractivity contribution >= 4 is 0 Å². The van der Waals surface area contributed by atoms with Crippen molar-refractivity contribution < 1.29 is 5.11 Å². The van der Waals surface area contributed by atoms with Gasteiger partial charge in [-0.1, -0.05) is 39.3 Å². The summed E-state index contributed by atoms with van der Waals surface area (Å²) in [4.78, 5) is 0. The van der Waals surface area contributed by atoms with Gasteiger partial charge in [0.2, 0.25) is 0 Å². The minimum atomic E-state index is -0.114. The van der Waals surface area contributed by atoms with Crippen LogP contribution in [0.1, 0.15) is 53.9 Å². The number of rotatable bonds is 4. The highest BCUT2D eigenvalue weighted by atomic mass is 16.3. The van der Waals surface area contributed by atoms with Crippen LogP contribution in [0.5, 0.6) is 0 Å². The number of hydrogen-bond donors (Lipinski definition) is 1. The van der Waals surface area contributed by atoms with E-state index in [0.717, 1.165) is 12.8 Å². The lowest BCUT2D eigenvalue weighted by atomic mass is 9.70. The minimum Gasteiger partial charge on any atom is -0.393 e. The fraction of sp³-hybridized carbons (Fsp3) is 0.857. The van der Waals surface area contributed by atoms with Crippen molar-refractivity contribution in [3.63, 3.8) is 0 Å². The predicted octanol–water partition coefficient (Wildman–Crippen LogP) is 3.78. The minimum absolute atomic E-state index is 0.114. The van der Waals surface area contributed by atoms with Crippen LogP contribution >= 0.6 is 0 Å². The molecule has 3 unspecified atom stereocenters. The van der Waals surface area contributed by atoms with Gasteiger partial charge in [0.05, 0.1) is 6.10 Å². The van der Waals surface area contributed by atoms with Crippen molar-refractivity contribution in [3.8, 4) is 0 Å². The van der Waals surface area contributed by atoms with E-state index in [-0.39, 0.29) is 6.10 Å². The highest BCUT2D eigenvalue weighted by Crippen LogP contribution is 2.47. The molecule has 1 aliphatic rings. The first-order chi connectivity index (χ1) is 6.89. The molecule has 0 aliphatic heterocycles. The van der Waals surface area contributed by atoms with Crippen LogP contribution in [0.15, 0.2) is 11.6 Å². The van der Waals surface area contributed by atoms with Gasteiger partial charge in [0.15, 0.2) is 0 Å². The Morgan fingerprint density at radius 2 is 2.13 bits per heavy atom. The smallest absolute Gasteiger partial charge is 0.0540 e. The fourth-order valence-electron chi connectivity index (χ4n) is 2.86. The third kappa shape index (κ3) is 2.63. The van der Waals surface area contributed by atoms with E-state index in [9.17, 15) is 5.11 Å². The molecule has 0 saturated carbocycles. The molecular formula is C14H26O. The number of allylic oxidation sites excluding steroid dienone is 2. The van der Waals surface area contributed by atoms with Crippen LogP contribution in [-0.2, 0) is 0 Å². The predicted molar refractivity (Wildman–Crippen MR) is 65.7 cm³/mol. The van der Waals surface area contributed by atoms with Crippen molar-refractivity contribution in [2.24, 2.45) is 17.3 Å². The summed E-state index contributed by atoms with van der Waals surface area (Å²) >= 11 is 0. The van der Waals surface area contributed by atoms with Gasteiger partial charge in [-0.05, 0) is 43.4 Å². The van der Waals surface area contributed by atoms with Crippen molar-refractivity contribution in [1.82, 2.24) is 0 Å². The largest absolute Gasteiger partial charge is 0.393 e. The van der Waals surface area contributed by atoms with Crippen molar-refractivity contribution in [2.75, 3.05) is 0 Å². The second-order valence-electron chi connectivity index (χ2n) is 5.73. The second-order valence-corrected chi connectivity index (χ2v) is 5.73. The van der Waals surface area contributed by atoms with Crippen LogP contribution in [0.4, 0.5) is 0 Å². The van der Waals surface area contributed by atoms with E-state index in [1.165, 1.54) is 12.0 Å². The molecule has 1 aliphatic carbocycles. The quantitative estimate of drug-likeness (QED) is 0.700. The van der Waals surface area contributed by atoms with Gasteiger partial charge in [-0.2, -0.15) is 0 Å². The summed E-state index contributed by atoms with van der Waals surface area (Å²) < 4.78 is 0. The molecule has 0 radical (unpaired) electrons. The Balaban J connectivity index is 2.59. The first-order valence-corrected chi connectivity index (χ1v) is 6.24. The molecule has 0 bridgehead atoms. The monoisotopic (exact) mass is 210 g/mol. The molecule has 0 amide bonds. The van der Waals surface area contributed by atoms with Crippen molar-refractivity contribution in [2.45, 2.75) is 60.0 Å². The van der Waals surface area contributed by atoms with E-state index in [4.69, 9.17) is 0 Å². The van der Waals surface area contributed by atoms with Gasteiger partial charge >= 0.3 is 0 Å². The Morgan fingerprint density at radius 3 is 2.53 bits per heavy atom. The Hall–Kier alpha value is -0.300. The average Bonchev–Trinajstić information content (AvgIpc) is 2.41. The molecule has 1 rings (SSSR count). The van der Waals surface area contributed by atoms with Crippen LogP contribution in [0.3, 0.4) is 0 Å². The topological polar surface area (TPSA) is 20.2 Å². The van der Waals surface area contributed by atoms with Crippen molar-refractivity contribution in [3.05, 3.63) is 11.6 Å². The zero-order chi connectivity index (χ0) is 11.6. The highest BCUT2D eigenvalue weighted by Gasteiger charge is 2.38. The molecule has 0 heterocycles. The SMILES string of the molecule is CCC(O)CC(C)C1CC=C(C)C1(C)C. The molecule has 0 fully saturated rings. The fourth-order valence-corrected chi connectivity index (χ4v) is 2.86. The van der Waals surface area contributed by atoms with Crippen LogP contribution in [-0.4, -0.2) is 11.2 Å². The molecule has 0 aromatic heterocycles. The maximum Gasteiger partial charge on any atom is 0.0540 e. The average molecular weight is 210 g/mol. The van der Waals surface area contributed by atoms with Gasteiger partial charge in [-0.15, -0.1) is 0 Å². The zero-order valence-corrected chi connectivity index (χ0v) is 10.9. The third-order valence-corrected chi connectivity index (χ3v) is 4.42. The summed E-state index contributed by atoms with van der Waals surface area (Å²) in [5, 5.41) is 9.71.